The zero-order chi connectivity index (χ0) is 17.1. The minimum atomic E-state index is -0.327. The quantitative estimate of drug-likeness (QED) is 0.801. The number of hydrogen-bond acceptors (Lipinski definition) is 3. The highest BCUT2D eigenvalue weighted by atomic mass is 19.1. The standard InChI is InChI=1S/C18H17FN4O/c1-12(2)21-18(24)16-10-17(13-4-3-9-20-11-13)23(22-16)15-7-5-14(19)6-8-15/h3-12H,1-2H3,(H,21,24). The summed E-state index contributed by atoms with van der Waals surface area (Å²) in [5.74, 6) is -0.581. The Morgan fingerprint density at radius 1 is 1.21 bits per heavy atom. The second kappa shape index (κ2) is 6.62. The SMILES string of the molecule is CC(C)NC(=O)c1cc(-c2cccnc2)n(-c2ccc(F)cc2)n1. The summed E-state index contributed by atoms with van der Waals surface area (Å²) in [5.41, 5.74) is 2.49. The third kappa shape index (κ3) is 3.32. The Labute approximate surface area is 139 Å². The summed E-state index contributed by atoms with van der Waals surface area (Å²) in [6.07, 6.45) is 3.37. The molecule has 0 radical (unpaired) electrons. The molecule has 2 heterocycles. The van der Waals surface area contributed by atoms with Crippen molar-refractivity contribution in [1.82, 2.24) is 20.1 Å². The van der Waals surface area contributed by atoms with Crippen LogP contribution in [0.5, 0.6) is 0 Å². The van der Waals surface area contributed by atoms with Gasteiger partial charge in [-0.15, -0.1) is 0 Å². The van der Waals surface area contributed by atoms with Gasteiger partial charge < -0.3 is 5.32 Å². The van der Waals surface area contributed by atoms with Crippen LogP contribution in [0.25, 0.3) is 16.9 Å². The predicted molar refractivity (Wildman–Crippen MR) is 89.4 cm³/mol. The van der Waals surface area contributed by atoms with E-state index in [9.17, 15) is 9.18 Å². The maximum Gasteiger partial charge on any atom is 0.272 e. The van der Waals surface area contributed by atoms with Crippen LogP contribution in [0, 0.1) is 5.82 Å². The van der Waals surface area contributed by atoms with E-state index < -0.39 is 0 Å². The van der Waals surface area contributed by atoms with Gasteiger partial charge in [0.25, 0.3) is 5.91 Å². The number of benzene rings is 1. The van der Waals surface area contributed by atoms with Crippen molar-refractivity contribution in [3.8, 4) is 16.9 Å². The number of rotatable bonds is 4. The van der Waals surface area contributed by atoms with Crippen molar-refractivity contribution in [3.05, 3.63) is 66.4 Å². The van der Waals surface area contributed by atoms with Crippen LogP contribution >= 0.6 is 0 Å². The molecular formula is C18H17FN4O. The summed E-state index contributed by atoms with van der Waals surface area (Å²) < 4.78 is 14.8. The van der Waals surface area contributed by atoms with E-state index in [0.717, 1.165) is 5.56 Å². The molecule has 0 bridgehead atoms. The van der Waals surface area contributed by atoms with Gasteiger partial charge in [0.2, 0.25) is 0 Å². The van der Waals surface area contributed by atoms with Gasteiger partial charge in [0.1, 0.15) is 5.82 Å². The van der Waals surface area contributed by atoms with Gasteiger partial charge in [-0.3, -0.25) is 9.78 Å². The molecule has 6 heteroatoms. The number of aromatic nitrogens is 3. The second-order valence-electron chi connectivity index (χ2n) is 5.67. The summed E-state index contributed by atoms with van der Waals surface area (Å²) in [6, 6.07) is 11.4. The lowest BCUT2D eigenvalue weighted by Gasteiger charge is -2.07. The van der Waals surface area contributed by atoms with E-state index in [2.05, 4.69) is 15.4 Å². The average molecular weight is 324 g/mol. The molecule has 5 nitrogen and oxygen atoms in total. The molecule has 3 rings (SSSR count). The van der Waals surface area contributed by atoms with E-state index in [1.165, 1.54) is 12.1 Å². The first-order valence-electron chi connectivity index (χ1n) is 7.62. The third-order valence-corrected chi connectivity index (χ3v) is 3.39. The number of carbonyl (C=O) groups excluding carboxylic acids is 1. The summed E-state index contributed by atoms with van der Waals surface area (Å²) in [7, 11) is 0. The van der Waals surface area contributed by atoms with Crippen LogP contribution in [0.1, 0.15) is 24.3 Å². The number of pyridine rings is 1. The predicted octanol–water partition coefficient (Wildman–Crippen LogP) is 3.21. The zero-order valence-electron chi connectivity index (χ0n) is 13.4. The zero-order valence-corrected chi connectivity index (χ0v) is 13.4. The van der Waals surface area contributed by atoms with Gasteiger partial charge in [-0.2, -0.15) is 5.10 Å². The van der Waals surface area contributed by atoms with E-state index in [4.69, 9.17) is 0 Å². The molecule has 3 aromatic rings. The second-order valence-corrected chi connectivity index (χ2v) is 5.67. The smallest absolute Gasteiger partial charge is 0.272 e. The van der Waals surface area contributed by atoms with Gasteiger partial charge in [0.05, 0.1) is 11.4 Å². The van der Waals surface area contributed by atoms with Crippen LogP contribution < -0.4 is 5.32 Å². The van der Waals surface area contributed by atoms with Crippen molar-refractivity contribution in [2.45, 2.75) is 19.9 Å². The van der Waals surface area contributed by atoms with Crippen LogP contribution in [-0.4, -0.2) is 26.7 Å². The maximum absolute atomic E-state index is 13.2. The monoisotopic (exact) mass is 324 g/mol. The van der Waals surface area contributed by atoms with Gasteiger partial charge in [0.15, 0.2) is 5.69 Å². The van der Waals surface area contributed by atoms with Crippen molar-refractivity contribution in [3.63, 3.8) is 0 Å². The minimum absolute atomic E-state index is 0.00955. The van der Waals surface area contributed by atoms with Crippen molar-refractivity contribution in [1.29, 1.82) is 0 Å². The average Bonchev–Trinajstić information content (AvgIpc) is 3.01. The molecule has 0 unspecified atom stereocenters. The molecule has 1 aromatic carbocycles. The topological polar surface area (TPSA) is 59.8 Å². The molecule has 0 fully saturated rings. The highest BCUT2D eigenvalue weighted by Crippen LogP contribution is 2.23. The molecule has 0 spiro atoms. The Balaban J connectivity index is 2.10. The molecule has 122 valence electrons. The Morgan fingerprint density at radius 3 is 2.58 bits per heavy atom. The van der Waals surface area contributed by atoms with Crippen LogP contribution in [0.3, 0.4) is 0 Å². The van der Waals surface area contributed by atoms with E-state index in [0.29, 0.717) is 17.1 Å². The van der Waals surface area contributed by atoms with Gasteiger partial charge in [-0.25, -0.2) is 9.07 Å². The molecule has 0 aliphatic carbocycles. The molecule has 0 aliphatic rings. The molecule has 2 aromatic heterocycles. The summed E-state index contributed by atoms with van der Waals surface area (Å²) >= 11 is 0. The lowest BCUT2D eigenvalue weighted by atomic mass is 10.2. The first-order chi connectivity index (χ1) is 11.5. The number of nitrogens with one attached hydrogen (secondary N) is 1. The first kappa shape index (κ1) is 15.9. The maximum atomic E-state index is 13.2. The summed E-state index contributed by atoms with van der Waals surface area (Å²) in [4.78, 5) is 16.4. The highest BCUT2D eigenvalue weighted by Gasteiger charge is 2.17. The molecule has 1 N–H and O–H groups in total. The van der Waals surface area contributed by atoms with E-state index in [1.54, 1.807) is 35.3 Å². The van der Waals surface area contributed by atoms with Crippen molar-refractivity contribution < 1.29 is 9.18 Å². The van der Waals surface area contributed by atoms with Crippen LogP contribution in [0.15, 0.2) is 54.9 Å². The number of hydrogen-bond donors (Lipinski definition) is 1. The largest absolute Gasteiger partial charge is 0.348 e. The highest BCUT2D eigenvalue weighted by molar-refractivity contribution is 5.93. The number of carbonyl (C=O) groups is 1. The van der Waals surface area contributed by atoms with E-state index in [1.807, 2.05) is 26.0 Å². The van der Waals surface area contributed by atoms with Crippen LogP contribution in [0.2, 0.25) is 0 Å². The number of halogens is 1. The molecular weight excluding hydrogens is 307 g/mol. The van der Waals surface area contributed by atoms with E-state index in [-0.39, 0.29) is 17.8 Å². The number of amides is 1. The lowest BCUT2D eigenvalue weighted by Crippen LogP contribution is -2.30. The lowest BCUT2D eigenvalue weighted by molar-refractivity contribution is 0.0937. The van der Waals surface area contributed by atoms with Gasteiger partial charge in [0, 0.05) is 24.0 Å². The third-order valence-electron chi connectivity index (χ3n) is 3.39. The summed E-state index contributed by atoms with van der Waals surface area (Å²) in [6.45, 7) is 3.77. The molecule has 0 aliphatic heterocycles. The molecule has 0 saturated carbocycles. The van der Waals surface area contributed by atoms with Crippen molar-refractivity contribution in [2.24, 2.45) is 0 Å². The minimum Gasteiger partial charge on any atom is -0.348 e. The number of nitrogens with zero attached hydrogens (tertiary/aromatic N) is 3. The Kier molecular flexibility index (Phi) is 4.37. The molecule has 0 atom stereocenters. The fourth-order valence-corrected chi connectivity index (χ4v) is 2.33. The molecule has 0 saturated heterocycles. The fourth-order valence-electron chi connectivity index (χ4n) is 2.33. The van der Waals surface area contributed by atoms with Crippen LogP contribution in [0.4, 0.5) is 4.39 Å². The van der Waals surface area contributed by atoms with Gasteiger partial charge in [-0.1, -0.05) is 0 Å². The van der Waals surface area contributed by atoms with Crippen molar-refractivity contribution >= 4 is 5.91 Å². The Hall–Kier alpha value is -3.02. The van der Waals surface area contributed by atoms with Gasteiger partial charge >= 0.3 is 0 Å². The summed E-state index contributed by atoms with van der Waals surface area (Å²) in [5, 5.41) is 7.22. The van der Waals surface area contributed by atoms with Crippen molar-refractivity contribution in [2.75, 3.05) is 0 Å². The Morgan fingerprint density at radius 2 is 1.96 bits per heavy atom. The van der Waals surface area contributed by atoms with E-state index >= 15 is 0 Å². The Bertz CT molecular complexity index is 841. The molecule has 1 amide bonds. The normalized spacial score (nSPS) is 10.8. The molecule has 24 heavy (non-hydrogen) atoms. The first-order valence-corrected chi connectivity index (χ1v) is 7.62. The van der Waals surface area contributed by atoms with Gasteiger partial charge in [-0.05, 0) is 56.3 Å². The fraction of sp³-hybridized carbons (Fsp3) is 0.167. The van der Waals surface area contributed by atoms with Crippen LogP contribution in [-0.2, 0) is 0 Å².